The van der Waals surface area contributed by atoms with Gasteiger partial charge in [-0.15, -0.1) is 0 Å². The maximum absolute atomic E-state index is 12.9. The van der Waals surface area contributed by atoms with Crippen molar-refractivity contribution in [3.8, 4) is 0 Å². The minimum absolute atomic E-state index is 0.168. The van der Waals surface area contributed by atoms with Gasteiger partial charge in [0.15, 0.2) is 0 Å². The molecule has 4 heteroatoms. The molecule has 0 aromatic heterocycles. The molecule has 1 saturated heterocycles. The smallest absolute Gasteiger partial charge is 0.123 e. The van der Waals surface area contributed by atoms with Crippen LogP contribution < -0.4 is 10.6 Å². The molecule has 2 N–H and O–H groups in total. The van der Waals surface area contributed by atoms with Gasteiger partial charge in [-0.1, -0.05) is 6.92 Å². The Balaban J connectivity index is 1.77. The van der Waals surface area contributed by atoms with Crippen LogP contribution in [0.2, 0.25) is 0 Å². The Morgan fingerprint density at radius 3 is 2.37 bits per heavy atom. The van der Waals surface area contributed by atoms with E-state index in [0.717, 1.165) is 45.0 Å². The highest BCUT2D eigenvalue weighted by Crippen LogP contribution is 2.17. The predicted octanol–water partition coefficient (Wildman–Crippen LogP) is 1.93. The maximum Gasteiger partial charge on any atom is 0.123 e. The molecule has 1 aliphatic rings. The molecule has 0 aliphatic carbocycles. The van der Waals surface area contributed by atoms with E-state index in [9.17, 15) is 4.39 Å². The molecule has 106 valence electrons. The summed E-state index contributed by atoms with van der Waals surface area (Å²) >= 11 is 0. The summed E-state index contributed by atoms with van der Waals surface area (Å²) in [5.41, 5.74) is 6.76. The SMILES string of the molecule is CC(CN)CCN1CCN(c2ccc(F)cc2)CC1. The first kappa shape index (κ1) is 14.3. The van der Waals surface area contributed by atoms with Crippen LogP contribution in [0.3, 0.4) is 0 Å². The Morgan fingerprint density at radius 2 is 1.79 bits per heavy atom. The third kappa shape index (κ3) is 4.18. The molecule has 1 aromatic carbocycles. The molecule has 0 saturated carbocycles. The Labute approximate surface area is 115 Å². The van der Waals surface area contributed by atoms with Gasteiger partial charge in [-0.05, 0) is 49.7 Å². The number of rotatable bonds is 5. The second-order valence-electron chi connectivity index (χ2n) is 5.43. The Hall–Kier alpha value is -1.13. The molecule has 0 radical (unpaired) electrons. The summed E-state index contributed by atoms with van der Waals surface area (Å²) in [4.78, 5) is 4.81. The van der Waals surface area contributed by atoms with Crippen molar-refractivity contribution in [2.45, 2.75) is 13.3 Å². The van der Waals surface area contributed by atoms with Gasteiger partial charge >= 0.3 is 0 Å². The first-order valence-corrected chi connectivity index (χ1v) is 7.12. The van der Waals surface area contributed by atoms with E-state index in [1.54, 1.807) is 0 Å². The summed E-state index contributed by atoms with van der Waals surface area (Å²) in [5, 5.41) is 0. The van der Waals surface area contributed by atoms with Crippen LogP contribution in [0.25, 0.3) is 0 Å². The Morgan fingerprint density at radius 1 is 1.16 bits per heavy atom. The van der Waals surface area contributed by atoms with Crippen molar-refractivity contribution in [1.82, 2.24) is 4.90 Å². The fourth-order valence-corrected chi connectivity index (χ4v) is 2.40. The van der Waals surface area contributed by atoms with Crippen LogP contribution in [0.4, 0.5) is 10.1 Å². The zero-order valence-corrected chi connectivity index (χ0v) is 11.7. The van der Waals surface area contributed by atoms with Gasteiger partial charge in [0.05, 0.1) is 0 Å². The number of anilines is 1. The van der Waals surface area contributed by atoms with Gasteiger partial charge in [0.25, 0.3) is 0 Å². The number of nitrogens with zero attached hydrogens (tertiary/aromatic N) is 2. The van der Waals surface area contributed by atoms with Crippen molar-refractivity contribution in [2.24, 2.45) is 11.7 Å². The highest BCUT2D eigenvalue weighted by molar-refractivity contribution is 5.46. The molecule has 1 aliphatic heterocycles. The summed E-state index contributed by atoms with van der Waals surface area (Å²) in [6, 6.07) is 6.79. The first-order chi connectivity index (χ1) is 9.19. The van der Waals surface area contributed by atoms with Crippen LogP contribution in [0.15, 0.2) is 24.3 Å². The van der Waals surface area contributed by atoms with E-state index < -0.39 is 0 Å². The third-order valence-corrected chi connectivity index (χ3v) is 3.90. The quantitative estimate of drug-likeness (QED) is 0.883. The van der Waals surface area contributed by atoms with Crippen molar-refractivity contribution in [1.29, 1.82) is 0 Å². The van der Waals surface area contributed by atoms with Gasteiger partial charge in [-0.3, -0.25) is 4.90 Å². The predicted molar refractivity (Wildman–Crippen MR) is 77.9 cm³/mol. The molecule has 1 heterocycles. The minimum Gasteiger partial charge on any atom is -0.369 e. The van der Waals surface area contributed by atoms with Gasteiger partial charge in [0.1, 0.15) is 5.82 Å². The lowest BCUT2D eigenvalue weighted by Crippen LogP contribution is -2.47. The summed E-state index contributed by atoms with van der Waals surface area (Å²) in [6.07, 6.45) is 1.17. The molecule has 19 heavy (non-hydrogen) atoms. The molecule has 0 spiro atoms. The number of benzene rings is 1. The second kappa shape index (κ2) is 6.87. The van der Waals surface area contributed by atoms with Crippen LogP contribution in [-0.4, -0.2) is 44.2 Å². The molecule has 1 atom stereocenters. The molecule has 1 unspecified atom stereocenters. The highest BCUT2D eigenvalue weighted by Gasteiger charge is 2.17. The topological polar surface area (TPSA) is 32.5 Å². The number of hydrogen-bond acceptors (Lipinski definition) is 3. The minimum atomic E-state index is -0.168. The molecule has 3 nitrogen and oxygen atoms in total. The van der Waals surface area contributed by atoms with Crippen LogP contribution in [-0.2, 0) is 0 Å². The van der Waals surface area contributed by atoms with Gasteiger partial charge in [-0.2, -0.15) is 0 Å². The summed E-state index contributed by atoms with van der Waals surface area (Å²) in [7, 11) is 0. The zero-order chi connectivity index (χ0) is 13.7. The largest absolute Gasteiger partial charge is 0.369 e. The van der Waals surface area contributed by atoms with Crippen molar-refractivity contribution in [3.05, 3.63) is 30.1 Å². The fraction of sp³-hybridized carbons (Fsp3) is 0.600. The van der Waals surface area contributed by atoms with E-state index in [-0.39, 0.29) is 5.82 Å². The van der Waals surface area contributed by atoms with E-state index in [2.05, 4.69) is 16.7 Å². The van der Waals surface area contributed by atoms with E-state index in [0.29, 0.717) is 5.92 Å². The number of hydrogen-bond donors (Lipinski definition) is 1. The second-order valence-corrected chi connectivity index (χ2v) is 5.43. The van der Waals surface area contributed by atoms with Crippen LogP contribution in [0.1, 0.15) is 13.3 Å². The van der Waals surface area contributed by atoms with Crippen molar-refractivity contribution in [2.75, 3.05) is 44.2 Å². The molecule has 0 amide bonds. The third-order valence-electron chi connectivity index (χ3n) is 3.90. The lowest BCUT2D eigenvalue weighted by atomic mass is 10.1. The van der Waals surface area contributed by atoms with Crippen molar-refractivity contribution in [3.63, 3.8) is 0 Å². The fourth-order valence-electron chi connectivity index (χ4n) is 2.40. The lowest BCUT2D eigenvalue weighted by Gasteiger charge is -2.36. The number of piperazine rings is 1. The average Bonchev–Trinajstić information content (AvgIpc) is 2.46. The standard InChI is InChI=1S/C15H24FN3/c1-13(12-17)6-7-18-8-10-19(11-9-18)15-4-2-14(16)3-5-15/h2-5,13H,6-12,17H2,1H3. The van der Waals surface area contributed by atoms with E-state index in [4.69, 9.17) is 5.73 Å². The van der Waals surface area contributed by atoms with Gasteiger partial charge in [0, 0.05) is 31.9 Å². The van der Waals surface area contributed by atoms with Gasteiger partial charge in [0.2, 0.25) is 0 Å². The van der Waals surface area contributed by atoms with E-state index >= 15 is 0 Å². The number of halogens is 1. The van der Waals surface area contributed by atoms with E-state index in [1.807, 2.05) is 12.1 Å². The highest BCUT2D eigenvalue weighted by atomic mass is 19.1. The summed E-state index contributed by atoms with van der Waals surface area (Å²) in [6.45, 7) is 8.30. The molecular formula is C15H24FN3. The average molecular weight is 265 g/mol. The zero-order valence-electron chi connectivity index (χ0n) is 11.7. The lowest BCUT2D eigenvalue weighted by molar-refractivity contribution is 0.242. The van der Waals surface area contributed by atoms with Crippen LogP contribution in [0.5, 0.6) is 0 Å². The number of nitrogens with two attached hydrogens (primary N) is 1. The Bertz CT molecular complexity index is 371. The molecule has 1 aromatic rings. The van der Waals surface area contributed by atoms with Crippen molar-refractivity contribution >= 4 is 5.69 Å². The van der Waals surface area contributed by atoms with Gasteiger partial charge < -0.3 is 10.6 Å². The maximum atomic E-state index is 12.9. The molecule has 2 rings (SSSR count). The molecule has 0 bridgehead atoms. The monoisotopic (exact) mass is 265 g/mol. The molecule has 1 fully saturated rings. The summed E-state index contributed by atoms with van der Waals surface area (Å²) in [5.74, 6) is 0.438. The van der Waals surface area contributed by atoms with E-state index in [1.165, 1.54) is 18.6 Å². The van der Waals surface area contributed by atoms with Crippen LogP contribution >= 0.6 is 0 Å². The summed E-state index contributed by atoms with van der Waals surface area (Å²) < 4.78 is 12.9. The van der Waals surface area contributed by atoms with Crippen molar-refractivity contribution < 1.29 is 4.39 Å². The Kier molecular flexibility index (Phi) is 5.16. The van der Waals surface area contributed by atoms with Gasteiger partial charge in [-0.25, -0.2) is 4.39 Å². The molecular weight excluding hydrogens is 241 g/mol. The van der Waals surface area contributed by atoms with Crippen LogP contribution in [0, 0.1) is 11.7 Å². The first-order valence-electron chi connectivity index (χ1n) is 7.12. The normalized spacial score (nSPS) is 18.6.